The number of halogens is 1. The minimum Gasteiger partial charge on any atom is -0.491 e. The van der Waals surface area contributed by atoms with Crippen molar-refractivity contribution in [2.45, 2.75) is 44.5 Å². The summed E-state index contributed by atoms with van der Waals surface area (Å²) in [6.07, 6.45) is 0.219. The van der Waals surface area contributed by atoms with Gasteiger partial charge in [-0.1, -0.05) is 36.4 Å². The molecule has 5 nitrogen and oxygen atoms in total. The van der Waals surface area contributed by atoms with Crippen LogP contribution in [-0.2, 0) is 16.0 Å². The van der Waals surface area contributed by atoms with Crippen LogP contribution in [0.1, 0.15) is 43.1 Å². The maximum Gasteiger partial charge on any atom is 0.309 e. The van der Waals surface area contributed by atoms with E-state index in [0.29, 0.717) is 12.2 Å². The fourth-order valence-electron chi connectivity index (χ4n) is 5.20. The van der Waals surface area contributed by atoms with Crippen molar-refractivity contribution in [2.24, 2.45) is 11.8 Å². The maximum atomic E-state index is 13.2. The second-order valence-corrected chi connectivity index (χ2v) is 9.89. The first-order valence-corrected chi connectivity index (χ1v) is 11.9. The summed E-state index contributed by atoms with van der Waals surface area (Å²) in [4.78, 5) is 12.2. The summed E-state index contributed by atoms with van der Waals surface area (Å²) < 4.78 is 31.9. The quantitative estimate of drug-likeness (QED) is 0.486. The first-order valence-electron chi connectivity index (χ1n) is 11.9. The number of fused-ring (bicyclic) bond motifs is 3. The molecule has 3 aromatic carbocycles. The van der Waals surface area contributed by atoms with Gasteiger partial charge in [0.25, 0.3) is 0 Å². The molecular formula is C29H29FO5. The fraction of sp³-hybridized carbons (Fsp3) is 0.345. The maximum absolute atomic E-state index is 13.2. The molecule has 5 rings (SSSR count). The van der Waals surface area contributed by atoms with Crippen LogP contribution in [0.4, 0.5) is 4.39 Å². The smallest absolute Gasteiger partial charge is 0.309 e. The molecule has 2 aliphatic rings. The summed E-state index contributed by atoms with van der Waals surface area (Å²) in [6, 6.07) is 22.1. The summed E-state index contributed by atoms with van der Waals surface area (Å²) >= 11 is 0. The van der Waals surface area contributed by atoms with Crippen molar-refractivity contribution < 1.29 is 28.5 Å². The zero-order valence-corrected chi connectivity index (χ0v) is 19.8. The molecule has 35 heavy (non-hydrogen) atoms. The van der Waals surface area contributed by atoms with E-state index >= 15 is 0 Å². The van der Waals surface area contributed by atoms with Crippen LogP contribution in [0, 0.1) is 17.7 Å². The second kappa shape index (κ2) is 9.34. The average Bonchev–Trinajstić information content (AvgIpc) is 2.84. The van der Waals surface area contributed by atoms with Gasteiger partial charge in [-0.2, -0.15) is 0 Å². The number of rotatable bonds is 6. The van der Waals surface area contributed by atoms with E-state index < -0.39 is 23.6 Å². The molecule has 0 unspecified atom stereocenters. The van der Waals surface area contributed by atoms with Crippen LogP contribution in [0.15, 0.2) is 72.8 Å². The van der Waals surface area contributed by atoms with Gasteiger partial charge in [0.05, 0.1) is 12.0 Å². The van der Waals surface area contributed by atoms with Gasteiger partial charge >= 0.3 is 5.97 Å². The third-order valence-corrected chi connectivity index (χ3v) is 7.09. The Morgan fingerprint density at radius 1 is 1.06 bits per heavy atom. The van der Waals surface area contributed by atoms with Crippen LogP contribution in [0.2, 0.25) is 0 Å². The Hall–Kier alpha value is -3.38. The van der Waals surface area contributed by atoms with Crippen molar-refractivity contribution in [1.82, 2.24) is 0 Å². The SMILES string of the molecule is CC1(C)Oc2ccc(Cc3ccccc3)cc2[C@H]2O[C@@H](COc3ccc(F)cc3)[C@@H](C(=O)O)C[C@@H]21. The normalized spacial score (nSPS) is 24.5. The lowest BCUT2D eigenvalue weighted by molar-refractivity contribution is -0.192. The van der Waals surface area contributed by atoms with Gasteiger partial charge in [-0.3, -0.25) is 4.79 Å². The van der Waals surface area contributed by atoms with E-state index in [1.54, 1.807) is 0 Å². The minimum absolute atomic E-state index is 0.0617. The molecule has 0 bridgehead atoms. The average molecular weight is 477 g/mol. The molecule has 0 radical (unpaired) electrons. The zero-order chi connectivity index (χ0) is 24.6. The van der Waals surface area contributed by atoms with Crippen molar-refractivity contribution in [3.05, 3.63) is 95.3 Å². The highest BCUT2D eigenvalue weighted by molar-refractivity contribution is 5.71. The molecule has 1 N–H and O–H groups in total. The monoisotopic (exact) mass is 476 g/mol. The molecule has 1 saturated heterocycles. The lowest BCUT2D eigenvalue weighted by Crippen LogP contribution is -2.53. The van der Waals surface area contributed by atoms with Crippen molar-refractivity contribution in [3.63, 3.8) is 0 Å². The third kappa shape index (κ3) is 4.89. The summed E-state index contributed by atoms with van der Waals surface area (Å²) in [5, 5.41) is 9.98. The Labute approximate surface area is 204 Å². The number of carbonyl (C=O) groups is 1. The lowest BCUT2D eigenvalue weighted by Gasteiger charge is -2.50. The molecule has 0 aliphatic carbocycles. The minimum atomic E-state index is -0.921. The molecule has 0 amide bonds. The molecule has 0 spiro atoms. The van der Waals surface area contributed by atoms with E-state index in [4.69, 9.17) is 14.2 Å². The number of carboxylic acids is 1. The van der Waals surface area contributed by atoms with Gasteiger partial charge in [-0.15, -0.1) is 0 Å². The largest absolute Gasteiger partial charge is 0.491 e. The molecule has 1 fully saturated rings. The number of ether oxygens (including phenoxy) is 3. The summed E-state index contributed by atoms with van der Waals surface area (Å²) in [5.41, 5.74) is 2.70. The van der Waals surface area contributed by atoms with E-state index in [1.165, 1.54) is 29.8 Å². The van der Waals surface area contributed by atoms with Crippen molar-refractivity contribution >= 4 is 5.97 Å². The van der Waals surface area contributed by atoms with Crippen LogP contribution in [0.25, 0.3) is 0 Å². The Morgan fingerprint density at radius 2 is 1.80 bits per heavy atom. The fourth-order valence-corrected chi connectivity index (χ4v) is 5.20. The Balaban J connectivity index is 1.43. The van der Waals surface area contributed by atoms with Crippen LogP contribution >= 0.6 is 0 Å². The molecule has 2 aliphatic heterocycles. The highest BCUT2D eigenvalue weighted by Crippen LogP contribution is 2.52. The Kier molecular flexibility index (Phi) is 6.24. The van der Waals surface area contributed by atoms with E-state index in [2.05, 4.69) is 24.3 Å². The molecule has 0 saturated carbocycles. The number of hydrogen-bond donors (Lipinski definition) is 1. The molecule has 2 heterocycles. The molecular weight excluding hydrogens is 447 g/mol. The van der Waals surface area contributed by atoms with Crippen molar-refractivity contribution in [2.75, 3.05) is 6.61 Å². The highest BCUT2D eigenvalue weighted by atomic mass is 19.1. The van der Waals surface area contributed by atoms with Crippen molar-refractivity contribution in [3.8, 4) is 11.5 Å². The van der Waals surface area contributed by atoms with Crippen LogP contribution in [0.3, 0.4) is 0 Å². The Bertz CT molecular complexity index is 1190. The second-order valence-electron chi connectivity index (χ2n) is 9.89. The summed E-state index contributed by atoms with van der Waals surface area (Å²) in [7, 11) is 0. The topological polar surface area (TPSA) is 65.0 Å². The first-order chi connectivity index (χ1) is 16.8. The van der Waals surface area contributed by atoms with Crippen LogP contribution < -0.4 is 9.47 Å². The van der Waals surface area contributed by atoms with Gasteiger partial charge in [0.1, 0.15) is 35.6 Å². The van der Waals surface area contributed by atoms with E-state index in [1.807, 2.05) is 38.1 Å². The predicted molar refractivity (Wildman–Crippen MR) is 129 cm³/mol. The Morgan fingerprint density at radius 3 is 2.51 bits per heavy atom. The number of hydrogen-bond acceptors (Lipinski definition) is 4. The molecule has 0 aromatic heterocycles. The summed E-state index contributed by atoms with van der Waals surface area (Å²) in [5.74, 6) is -0.918. The number of benzene rings is 3. The zero-order valence-electron chi connectivity index (χ0n) is 19.8. The molecule has 4 atom stereocenters. The van der Waals surface area contributed by atoms with Crippen molar-refractivity contribution in [1.29, 1.82) is 0 Å². The van der Waals surface area contributed by atoms with Gasteiger partial charge < -0.3 is 19.3 Å². The van der Waals surface area contributed by atoms with Gasteiger partial charge in [-0.05, 0) is 74.2 Å². The standard InChI is InChI=1S/C29H29FO5/c1-29(2)24-16-23(28(31)32)26(17-33-21-11-9-20(30)10-12-21)34-27(24)22-15-19(8-13-25(22)35-29)14-18-6-4-3-5-7-18/h3-13,15,23-24,26-27H,14,16-17H2,1-2H3,(H,31,32)/t23-,24-,26-,27+/m0/s1. The van der Waals surface area contributed by atoms with Gasteiger partial charge in [0.15, 0.2) is 0 Å². The highest BCUT2D eigenvalue weighted by Gasteiger charge is 2.52. The molecule has 3 aromatic rings. The lowest BCUT2D eigenvalue weighted by atomic mass is 9.71. The van der Waals surface area contributed by atoms with Gasteiger partial charge in [0, 0.05) is 11.5 Å². The van der Waals surface area contributed by atoms with E-state index in [-0.39, 0.29) is 24.4 Å². The predicted octanol–water partition coefficient (Wildman–Crippen LogP) is 5.81. The number of aliphatic carboxylic acids is 1. The summed E-state index contributed by atoms with van der Waals surface area (Å²) in [6.45, 7) is 4.04. The number of carboxylic acid groups (broad SMARTS) is 1. The van der Waals surface area contributed by atoms with Gasteiger partial charge in [-0.25, -0.2) is 4.39 Å². The third-order valence-electron chi connectivity index (χ3n) is 7.09. The molecule has 182 valence electrons. The van der Waals surface area contributed by atoms with E-state index in [9.17, 15) is 14.3 Å². The van der Waals surface area contributed by atoms with Crippen LogP contribution in [0.5, 0.6) is 11.5 Å². The van der Waals surface area contributed by atoms with Crippen LogP contribution in [-0.4, -0.2) is 29.4 Å². The molecule has 6 heteroatoms. The van der Waals surface area contributed by atoms with E-state index in [0.717, 1.165) is 23.3 Å². The van der Waals surface area contributed by atoms with Gasteiger partial charge in [0.2, 0.25) is 0 Å². The first kappa shape index (κ1) is 23.4.